The van der Waals surface area contributed by atoms with E-state index in [4.69, 9.17) is 0 Å². The molecule has 2 heterocycles. The van der Waals surface area contributed by atoms with E-state index in [1.54, 1.807) is 7.05 Å². The highest BCUT2D eigenvalue weighted by Gasteiger charge is 2.29. The van der Waals surface area contributed by atoms with Crippen LogP contribution in [0, 0.1) is 5.92 Å². The summed E-state index contributed by atoms with van der Waals surface area (Å²) in [5.41, 5.74) is -0.652. The number of hydrogen-bond donors (Lipinski definition) is 1. The zero-order valence-corrected chi connectivity index (χ0v) is 14.5. The van der Waals surface area contributed by atoms with Crippen LogP contribution >= 0.6 is 0 Å². The van der Waals surface area contributed by atoms with Gasteiger partial charge in [-0.25, -0.2) is 4.79 Å². The van der Waals surface area contributed by atoms with E-state index >= 15 is 0 Å². The van der Waals surface area contributed by atoms with Crippen molar-refractivity contribution in [2.24, 2.45) is 20.0 Å². The van der Waals surface area contributed by atoms with Crippen LogP contribution in [0.2, 0.25) is 0 Å². The largest absolute Gasteiger partial charge is 0.357 e. The first-order valence-corrected chi connectivity index (χ1v) is 8.79. The van der Waals surface area contributed by atoms with Crippen LogP contribution in [0.1, 0.15) is 38.5 Å². The minimum atomic E-state index is -0.338. The normalized spacial score (nSPS) is 21.9. The summed E-state index contributed by atoms with van der Waals surface area (Å²) < 4.78 is 2.58. The Kier molecular flexibility index (Phi) is 4.78. The Balaban J connectivity index is 1.75. The molecule has 1 saturated carbocycles. The minimum absolute atomic E-state index is 0.0847. The lowest BCUT2D eigenvalue weighted by molar-refractivity contribution is -0.125. The first-order chi connectivity index (χ1) is 11.5. The predicted molar refractivity (Wildman–Crippen MR) is 92.3 cm³/mol. The van der Waals surface area contributed by atoms with Gasteiger partial charge in [0.2, 0.25) is 5.91 Å². The van der Waals surface area contributed by atoms with E-state index in [2.05, 4.69) is 5.32 Å². The van der Waals surface area contributed by atoms with Crippen molar-refractivity contribution in [3.63, 3.8) is 0 Å². The highest BCUT2D eigenvalue weighted by molar-refractivity contribution is 5.79. The molecular weight excluding hydrogens is 308 g/mol. The van der Waals surface area contributed by atoms with Gasteiger partial charge in [-0.1, -0.05) is 12.8 Å². The maximum absolute atomic E-state index is 12.5. The highest BCUT2D eigenvalue weighted by Crippen LogP contribution is 2.23. The molecule has 1 saturated heterocycles. The van der Waals surface area contributed by atoms with Crippen molar-refractivity contribution < 1.29 is 4.79 Å². The monoisotopic (exact) mass is 334 g/mol. The molecule has 7 heteroatoms. The molecule has 24 heavy (non-hydrogen) atoms. The average molecular weight is 334 g/mol. The lowest BCUT2D eigenvalue weighted by atomic mass is 9.96. The maximum Gasteiger partial charge on any atom is 0.332 e. The van der Waals surface area contributed by atoms with Gasteiger partial charge in [-0.3, -0.25) is 18.7 Å². The zero-order chi connectivity index (χ0) is 17.3. The lowest BCUT2D eigenvalue weighted by Gasteiger charge is -2.34. The summed E-state index contributed by atoms with van der Waals surface area (Å²) in [6, 6.07) is 1.81. The van der Waals surface area contributed by atoms with Crippen molar-refractivity contribution in [1.82, 2.24) is 14.5 Å². The Bertz CT molecular complexity index is 730. The molecular formula is C17H26N4O3. The Labute approximate surface area is 141 Å². The fraction of sp³-hybridized carbons (Fsp3) is 0.706. The quantitative estimate of drug-likeness (QED) is 0.866. The van der Waals surface area contributed by atoms with Gasteiger partial charge in [-0.05, 0) is 25.7 Å². The van der Waals surface area contributed by atoms with Crippen molar-refractivity contribution in [2.75, 3.05) is 18.0 Å². The van der Waals surface area contributed by atoms with Crippen LogP contribution in [-0.2, 0) is 18.9 Å². The van der Waals surface area contributed by atoms with E-state index in [1.807, 2.05) is 4.90 Å². The topological polar surface area (TPSA) is 76.3 Å². The van der Waals surface area contributed by atoms with E-state index in [9.17, 15) is 14.4 Å². The van der Waals surface area contributed by atoms with Crippen molar-refractivity contribution >= 4 is 11.7 Å². The van der Waals surface area contributed by atoms with Crippen LogP contribution in [0.5, 0.6) is 0 Å². The van der Waals surface area contributed by atoms with Crippen LogP contribution in [0.25, 0.3) is 0 Å². The molecule has 1 atom stereocenters. The van der Waals surface area contributed by atoms with E-state index < -0.39 is 0 Å². The van der Waals surface area contributed by atoms with E-state index in [-0.39, 0.29) is 23.1 Å². The molecule has 1 amide bonds. The fourth-order valence-electron chi connectivity index (χ4n) is 3.81. The van der Waals surface area contributed by atoms with Crippen molar-refractivity contribution in [3.8, 4) is 0 Å². The molecule has 7 nitrogen and oxygen atoms in total. The molecule has 3 rings (SSSR count). The molecule has 2 aliphatic rings. The molecule has 0 aromatic carbocycles. The van der Waals surface area contributed by atoms with Crippen molar-refractivity contribution in [2.45, 2.75) is 44.6 Å². The first kappa shape index (κ1) is 16.8. The van der Waals surface area contributed by atoms with Crippen LogP contribution in [-0.4, -0.2) is 34.2 Å². The molecule has 1 aliphatic carbocycles. The van der Waals surface area contributed by atoms with Gasteiger partial charge in [-0.15, -0.1) is 0 Å². The van der Waals surface area contributed by atoms with Gasteiger partial charge in [-0.2, -0.15) is 0 Å². The van der Waals surface area contributed by atoms with E-state index in [0.717, 1.165) is 36.8 Å². The molecule has 1 aromatic rings. The molecule has 0 spiro atoms. The number of amides is 1. The van der Waals surface area contributed by atoms with Gasteiger partial charge in [0.25, 0.3) is 5.56 Å². The zero-order valence-electron chi connectivity index (χ0n) is 14.5. The lowest BCUT2D eigenvalue weighted by Crippen LogP contribution is -2.48. The summed E-state index contributed by atoms with van der Waals surface area (Å²) >= 11 is 0. The third kappa shape index (κ3) is 3.25. The van der Waals surface area contributed by atoms with Crippen LogP contribution < -0.4 is 21.5 Å². The highest BCUT2D eigenvalue weighted by atomic mass is 16.2. The average Bonchev–Trinajstić information content (AvgIpc) is 3.09. The Hall–Kier alpha value is -2.05. The summed E-state index contributed by atoms with van der Waals surface area (Å²) in [7, 11) is 3.14. The number of hydrogen-bond acceptors (Lipinski definition) is 4. The number of nitrogens with one attached hydrogen (secondary N) is 1. The first-order valence-electron chi connectivity index (χ1n) is 8.79. The van der Waals surface area contributed by atoms with Gasteiger partial charge in [0.05, 0.1) is 5.92 Å². The molecule has 1 unspecified atom stereocenters. The second-order valence-corrected chi connectivity index (χ2v) is 7.02. The summed E-state index contributed by atoms with van der Waals surface area (Å²) in [6.45, 7) is 1.31. The molecule has 1 aliphatic heterocycles. The van der Waals surface area contributed by atoms with Gasteiger partial charge >= 0.3 is 5.69 Å². The number of rotatable bonds is 3. The van der Waals surface area contributed by atoms with Gasteiger partial charge < -0.3 is 10.2 Å². The Morgan fingerprint density at radius 2 is 1.79 bits per heavy atom. The van der Waals surface area contributed by atoms with Gasteiger partial charge in [0.1, 0.15) is 5.82 Å². The van der Waals surface area contributed by atoms with Crippen molar-refractivity contribution in [1.29, 1.82) is 0 Å². The fourth-order valence-corrected chi connectivity index (χ4v) is 3.81. The van der Waals surface area contributed by atoms with Crippen molar-refractivity contribution in [3.05, 3.63) is 26.9 Å². The van der Waals surface area contributed by atoms with Crippen LogP contribution in [0.3, 0.4) is 0 Å². The van der Waals surface area contributed by atoms with Crippen LogP contribution in [0.4, 0.5) is 5.82 Å². The molecule has 132 valence electrons. The Morgan fingerprint density at radius 1 is 1.08 bits per heavy atom. The summed E-state index contributed by atoms with van der Waals surface area (Å²) in [6.07, 6.45) is 6.27. The van der Waals surface area contributed by atoms with Gasteiger partial charge in [0, 0.05) is 39.3 Å². The van der Waals surface area contributed by atoms with Gasteiger partial charge in [0.15, 0.2) is 0 Å². The number of carbonyl (C=O) groups excluding carboxylic acids is 1. The number of piperidine rings is 1. The molecule has 0 bridgehead atoms. The second kappa shape index (κ2) is 6.83. The number of carbonyl (C=O) groups is 1. The number of anilines is 1. The summed E-state index contributed by atoms with van der Waals surface area (Å²) in [5.74, 6) is 0.625. The smallest absolute Gasteiger partial charge is 0.332 e. The standard InChI is InChI=1S/C17H26N4O3/c1-19-14(10-15(22)20(2)17(19)24)21-9-5-6-12(11-21)16(23)18-13-7-3-4-8-13/h10,12-13H,3-9,11H2,1-2H3,(H,18,23). The number of aromatic nitrogens is 2. The van der Waals surface area contributed by atoms with Crippen LogP contribution in [0.15, 0.2) is 15.7 Å². The Morgan fingerprint density at radius 3 is 2.50 bits per heavy atom. The molecule has 2 fully saturated rings. The molecule has 1 aromatic heterocycles. The SMILES string of the molecule is Cn1c(N2CCCC(C(=O)NC3CCCC3)C2)cc(=O)n(C)c1=O. The second-order valence-electron chi connectivity index (χ2n) is 7.02. The maximum atomic E-state index is 12.5. The summed E-state index contributed by atoms with van der Waals surface area (Å²) in [5, 5.41) is 3.17. The number of nitrogens with zero attached hydrogens (tertiary/aromatic N) is 3. The predicted octanol–water partition coefficient (Wildman–Crippen LogP) is 0.359. The third-order valence-corrected chi connectivity index (χ3v) is 5.32. The van der Waals surface area contributed by atoms with E-state index in [0.29, 0.717) is 18.4 Å². The molecule has 1 N–H and O–H groups in total. The minimum Gasteiger partial charge on any atom is -0.357 e. The van der Waals surface area contributed by atoms with E-state index in [1.165, 1.54) is 30.5 Å². The summed E-state index contributed by atoms with van der Waals surface area (Å²) in [4.78, 5) is 38.6. The molecule has 0 radical (unpaired) electrons. The third-order valence-electron chi connectivity index (χ3n) is 5.32.